The van der Waals surface area contributed by atoms with Gasteiger partial charge in [-0.3, -0.25) is 0 Å². The molecule has 0 aliphatic heterocycles. The minimum Gasteiger partial charge on any atom is -0.466 e. The largest absolute Gasteiger partial charge is 0.466 e. The molecule has 1 aromatic rings. The number of hydrogen-bond donors (Lipinski definition) is 0. The molecule has 0 saturated heterocycles. The summed E-state index contributed by atoms with van der Waals surface area (Å²) in [4.78, 5) is 0. The second-order valence-corrected chi connectivity index (χ2v) is 3.05. The Morgan fingerprint density at radius 1 is 1.55 bits per heavy atom. The Morgan fingerprint density at radius 2 is 2.27 bits per heavy atom. The zero-order valence-corrected chi connectivity index (χ0v) is 7.89. The summed E-state index contributed by atoms with van der Waals surface area (Å²) in [5.41, 5.74) is 1.16. The fourth-order valence-corrected chi connectivity index (χ4v) is 1.03. The number of rotatable bonds is 2. The monoisotopic (exact) mass is 212 g/mol. The van der Waals surface area contributed by atoms with Crippen LogP contribution in [-0.2, 0) is 0 Å². The maximum atomic E-state index is 5.08. The standard InChI is InChI=1S/C9H9BrO/c1-3-11-8-4-5-9(10)7(2)6-8/h3-6H,1H2,2H3. The molecule has 0 saturated carbocycles. The quantitative estimate of drug-likeness (QED) is 0.685. The summed E-state index contributed by atoms with van der Waals surface area (Å²) in [6.45, 7) is 5.49. The van der Waals surface area contributed by atoms with Crippen LogP contribution in [0.1, 0.15) is 5.56 Å². The van der Waals surface area contributed by atoms with E-state index in [4.69, 9.17) is 4.74 Å². The van der Waals surface area contributed by atoms with E-state index >= 15 is 0 Å². The van der Waals surface area contributed by atoms with Crippen molar-refractivity contribution in [2.75, 3.05) is 0 Å². The first-order valence-electron chi connectivity index (χ1n) is 3.28. The van der Waals surface area contributed by atoms with E-state index in [1.807, 2.05) is 25.1 Å². The Morgan fingerprint density at radius 3 is 2.82 bits per heavy atom. The van der Waals surface area contributed by atoms with Crippen molar-refractivity contribution in [3.8, 4) is 5.75 Å². The predicted octanol–water partition coefficient (Wildman–Crippen LogP) is 3.28. The third-order valence-electron chi connectivity index (χ3n) is 1.35. The van der Waals surface area contributed by atoms with Crippen LogP contribution in [0.3, 0.4) is 0 Å². The van der Waals surface area contributed by atoms with Gasteiger partial charge in [0.1, 0.15) is 5.75 Å². The lowest BCUT2D eigenvalue weighted by molar-refractivity contribution is 0.483. The molecule has 1 rings (SSSR count). The molecule has 0 unspecified atom stereocenters. The van der Waals surface area contributed by atoms with Gasteiger partial charge in [0.05, 0.1) is 6.26 Å². The highest BCUT2D eigenvalue weighted by atomic mass is 79.9. The normalized spacial score (nSPS) is 9.27. The van der Waals surface area contributed by atoms with Crippen molar-refractivity contribution in [1.29, 1.82) is 0 Å². The molecular weight excluding hydrogens is 204 g/mol. The number of ether oxygens (including phenoxy) is 1. The van der Waals surface area contributed by atoms with Crippen LogP contribution in [0.5, 0.6) is 5.75 Å². The number of benzene rings is 1. The van der Waals surface area contributed by atoms with Crippen molar-refractivity contribution in [2.24, 2.45) is 0 Å². The van der Waals surface area contributed by atoms with Crippen LogP contribution < -0.4 is 4.74 Å². The van der Waals surface area contributed by atoms with Gasteiger partial charge >= 0.3 is 0 Å². The van der Waals surface area contributed by atoms with Crippen LogP contribution in [0.15, 0.2) is 35.5 Å². The lowest BCUT2D eigenvalue weighted by Crippen LogP contribution is -1.82. The Bertz CT molecular complexity index is 268. The summed E-state index contributed by atoms with van der Waals surface area (Å²) >= 11 is 3.40. The molecule has 58 valence electrons. The van der Waals surface area contributed by atoms with E-state index in [0.717, 1.165) is 15.8 Å². The summed E-state index contributed by atoms with van der Waals surface area (Å²) in [6.07, 6.45) is 1.42. The van der Waals surface area contributed by atoms with Crippen molar-refractivity contribution in [3.05, 3.63) is 41.1 Å². The average Bonchev–Trinajstić information content (AvgIpc) is 1.98. The van der Waals surface area contributed by atoms with Crippen molar-refractivity contribution >= 4 is 15.9 Å². The predicted molar refractivity (Wildman–Crippen MR) is 49.7 cm³/mol. The molecule has 0 amide bonds. The van der Waals surface area contributed by atoms with Crippen molar-refractivity contribution < 1.29 is 4.74 Å². The molecule has 1 nitrogen and oxygen atoms in total. The highest BCUT2D eigenvalue weighted by Crippen LogP contribution is 2.21. The summed E-state index contributed by atoms with van der Waals surface area (Å²) < 4.78 is 6.18. The van der Waals surface area contributed by atoms with Gasteiger partial charge in [-0.15, -0.1) is 0 Å². The van der Waals surface area contributed by atoms with Gasteiger partial charge in [-0.05, 0) is 30.7 Å². The van der Waals surface area contributed by atoms with E-state index in [1.165, 1.54) is 6.26 Å². The van der Waals surface area contributed by atoms with Gasteiger partial charge in [-0.2, -0.15) is 0 Å². The molecule has 0 fully saturated rings. The van der Waals surface area contributed by atoms with Crippen molar-refractivity contribution in [1.82, 2.24) is 0 Å². The molecule has 0 aliphatic carbocycles. The van der Waals surface area contributed by atoms with E-state index < -0.39 is 0 Å². The lowest BCUT2D eigenvalue weighted by Gasteiger charge is -2.01. The molecule has 11 heavy (non-hydrogen) atoms. The van der Waals surface area contributed by atoms with Gasteiger partial charge in [0.2, 0.25) is 0 Å². The van der Waals surface area contributed by atoms with Crippen LogP contribution in [0.4, 0.5) is 0 Å². The van der Waals surface area contributed by atoms with Crippen LogP contribution in [0.25, 0.3) is 0 Å². The van der Waals surface area contributed by atoms with Gasteiger partial charge < -0.3 is 4.74 Å². The van der Waals surface area contributed by atoms with E-state index in [0.29, 0.717) is 0 Å². The minimum atomic E-state index is 0.820. The van der Waals surface area contributed by atoms with Crippen molar-refractivity contribution in [2.45, 2.75) is 6.92 Å². The maximum absolute atomic E-state index is 5.08. The minimum absolute atomic E-state index is 0.820. The summed E-state index contributed by atoms with van der Waals surface area (Å²) in [6, 6.07) is 5.79. The fraction of sp³-hybridized carbons (Fsp3) is 0.111. The number of aryl methyl sites for hydroxylation is 1. The highest BCUT2D eigenvalue weighted by molar-refractivity contribution is 9.10. The van der Waals surface area contributed by atoms with E-state index in [1.54, 1.807) is 0 Å². The third-order valence-corrected chi connectivity index (χ3v) is 2.24. The Balaban J connectivity index is 2.95. The smallest absolute Gasteiger partial charge is 0.126 e. The fourth-order valence-electron chi connectivity index (χ4n) is 0.787. The Kier molecular flexibility index (Phi) is 2.71. The summed E-state index contributed by atoms with van der Waals surface area (Å²) in [5, 5.41) is 0. The number of hydrogen-bond acceptors (Lipinski definition) is 1. The molecule has 0 spiro atoms. The van der Waals surface area contributed by atoms with Gasteiger partial charge in [0.25, 0.3) is 0 Å². The third kappa shape index (κ3) is 2.09. The highest BCUT2D eigenvalue weighted by Gasteiger charge is 1.95. The first-order chi connectivity index (χ1) is 5.24. The molecule has 1 aromatic carbocycles. The zero-order chi connectivity index (χ0) is 8.27. The topological polar surface area (TPSA) is 9.23 Å². The van der Waals surface area contributed by atoms with Crippen LogP contribution >= 0.6 is 15.9 Å². The second-order valence-electron chi connectivity index (χ2n) is 2.20. The van der Waals surface area contributed by atoms with Gasteiger partial charge in [0.15, 0.2) is 0 Å². The summed E-state index contributed by atoms with van der Waals surface area (Å²) in [7, 11) is 0. The zero-order valence-electron chi connectivity index (χ0n) is 6.30. The van der Waals surface area contributed by atoms with Gasteiger partial charge in [-0.1, -0.05) is 22.5 Å². The van der Waals surface area contributed by atoms with E-state index in [2.05, 4.69) is 22.5 Å². The van der Waals surface area contributed by atoms with Gasteiger partial charge in [0, 0.05) is 4.47 Å². The van der Waals surface area contributed by atoms with Crippen LogP contribution in [-0.4, -0.2) is 0 Å². The first-order valence-corrected chi connectivity index (χ1v) is 4.07. The molecule has 0 aliphatic rings. The number of halogens is 1. The molecular formula is C9H9BrO. The molecule has 0 heterocycles. The average molecular weight is 213 g/mol. The van der Waals surface area contributed by atoms with E-state index in [-0.39, 0.29) is 0 Å². The Labute approximate surface area is 74.8 Å². The maximum Gasteiger partial charge on any atom is 0.126 e. The molecule has 0 aromatic heterocycles. The molecule has 0 radical (unpaired) electrons. The van der Waals surface area contributed by atoms with Crippen LogP contribution in [0, 0.1) is 6.92 Å². The Hall–Kier alpha value is -0.760. The summed E-state index contributed by atoms with van der Waals surface area (Å²) in [5.74, 6) is 0.820. The second kappa shape index (κ2) is 3.58. The van der Waals surface area contributed by atoms with Gasteiger partial charge in [-0.25, -0.2) is 0 Å². The molecule has 2 heteroatoms. The lowest BCUT2D eigenvalue weighted by atomic mass is 10.2. The van der Waals surface area contributed by atoms with E-state index in [9.17, 15) is 0 Å². The SMILES string of the molecule is C=COc1ccc(Br)c(C)c1. The van der Waals surface area contributed by atoms with Crippen molar-refractivity contribution in [3.63, 3.8) is 0 Å². The molecule has 0 N–H and O–H groups in total. The van der Waals surface area contributed by atoms with Crippen LogP contribution in [0.2, 0.25) is 0 Å². The molecule has 0 atom stereocenters. The first kappa shape index (κ1) is 8.34. The molecule has 0 bridgehead atoms.